The van der Waals surface area contributed by atoms with E-state index in [-0.39, 0.29) is 17.9 Å². The molecule has 0 aliphatic carbocycles. The second-order valence-corrected chi connectivity index (χ2v) is 10.4. The van der Waals surface area contributed by atoms with Crippen molar-refractivity contribution in [3.8, 4) is 0 Å². The number of benzene rings is 2. The number of likely N-dealkylation sites (N-methyl/N-ethyl adjacent to an activating group) is 1. The summed E-state index contributed by atoms with van der Waals surface area (Å²) < 4.78 is 27.5. The van der Waals surface area contributed by atoms with Crippen LogP contribution in [0.15, 0.2) is 65.6 Å². The average Bonchev–Trinajstić information content (AvgIpc) is 2.78. The summed E-state index contributed by atoms with van der Waals surface area (Å²) in [4.78, 5) is 14.0. The fourth-order valence-corrected chi connectivity index (χ4v) is 5.43. The predicted octanol–water partition coefficient (Wildman–Crippen LogP) is 3.08. The molecule has 31 heavy (non-hydrogen) atoms. The summed E-state index contributed by atoms with van der Waals surface area (Å²) in [5.41, 5.74) is 1.16. The van der Waals surface area contributed by atoms with Crippen molar-refractivity contribution < 1.29 is 13.2 Å². The lowest BCUT2D eigenvalue weighted by molar-refractivity contribution is -0.119. The number of nitrogens with one attached hydrogen (secondary N) is 1. The average molecular weight is 444 g/mol. The zero-order valence-corrected chi connectivity index (χ0v) is 19.2. The van der Waals surface area contributed by atoms with Gasteiger partial charge in [-0.3, -0.25) is 4.79 Å². The third kappa shape index (κ3) is 6.63. The van der Waals surface area contributed by atoms with Crippen LogP contribution in [-0.2, 0) is 14.8 Å². The van der Waals surface area contributed by atoms with Crippen molar-refractivity contribution in [3.05, 3.63) is 66.2 Å². The predicted molar refractivity (Wildman–Crippen MR) is 123 cm³/mol. The summed E-state index contributed by atoms with van der Waals surface area (Å²) in [5.74, 6) is 0.142. The van der Waals surface area contributed by atoms with E-state index in [4.69, 9.17) is 0 Å². The monoisotopic (exact) mass is 443 g/mol. The van der Waals surface area contributed by atoms with Crippen molar-refractivity contribution in [1.29, 1.82) is 0 Å². The minimum absolute atomic E-state index is 0.0326. The molecule has 1 aliphatic rings. The zero-order chi connectivity index (χ0) is 22.3. The number of nitrogens with zero attached hydrogens (tertiary/aromatic N) is 2. The standard InChI is InChI=1S/C24H33N3O3S/c1-20(28)25-23-14-17-27(18-15-23)16-13-22(21-9-5-3-6-10-21)19-26(2)31(29,30)24-11-7-4-8-12-24/h3-12,22-23H,13-19H2,1-2H3,(H,25,28). The third-order valence-corrected chi connectivity index (χ3v) is 7.83. The number of piperidine rings is 1. The minimum atomic E-state index is -3.52. The van der Waals surface area contributed by atoms with Gasteiger partial charge >= 0.3 is 0 Å². The lowest BCUT2D eigenvalue weighted by atomic mass is 9.94. The van der Waals surface area contributed by atoms with E-state index in [0.29, 0.717) is 11.4 Å². The van der Waals surface area contributed by atoms with Crippen LogP contribution in [0.25, 0.3) is 0 Å². The molecule has 1 fully saturated rings. The summed E-state index contributed by atoms with van der Waals surface area (Å²) in [5, 5.41) is 3.01. The van der Waals surface area contributed by atoms with Crippen LogP contribution in [-0.4, -0.2) is 62.8 Å². The van der Waals surface area contributed by atoms with Gasteiger partial charge in [0.05, 0.1) is 4.90 Å². The molecule has 3 rings (SSSR count). The van der Waals surface area contributed by atoms with Crippen molar-refractivity contribution in [2.75, 3.05) is 33.2 Å². The van der Waals surface area contributed by atoms with Gasteiger partial charge in [-0.1, -0.05) is 48.5 Å². The van der Waals surface area contributed by atoms with Crippen LogP contribution in [0.4, 0.5) is 0 Å². The second kappa shape index (κ2) is 10.9. The Bertz CT molecular complexity index is 927. The fourth-order valence-electron chi connectivity index (χ4n) is 4.20. The first kappa shape index (κ1) is 23.4. The number of hydrogen-bond acceptors (Lipinski definition) is 4. The Morgan fingerprint density at radius 3 is 2.23 bits per heavy atom. The molecule has 1 heterocycles. The van der Waals surface area contributed by atoms with Crippen LogP contribution in [0.5, 0.6) is 0 Å². The first-order chi connectivity index (χ1) is 14.9. The highest BCUT2D eigenvalue weighted by molar-refractivity contribution is 7.89. The van der Waals surface area contributed by atoms with Crippen LogP contribution in [0, 0.1) is 0 Å². The van der Waals surface area contributed by atoms with Crippen molar-refractivity contribution in [3.63, 3.8) is 0 Å². The molecule has 168 valence electrons. The third-order valence-electron chi connectivity index (χ3n) is 5.99. The molecule has 1 aliphatic heterocycles. The number of likely N-dealkylation sites (tertiary alicyclic amines) is 1. The summed E-state index contributed by atoms with van der Waals surface area (Å²) in [6.45, 7) is 4.81. The Hall–Kier alpha value is -2.22. The normalized spacial score (nSPS) is 16.9. The maximum atomic E-state index is 13.0. The van der Waals surface area contributed by atoms with Crippen LogP contribution >= 0.6 is 0 Å². The van der Waals surface area contributed by atoms with Gasteiger partial charge in [-0.05, 0) is 49.4 Å². The van der Waals surface area contributed by atoms with Crippen LogP contribution < -0.4 is 5.32 Å². The SMILES string of the molecule is CC(=O)NC1CCN(CCC(CN(C)S(=O)(=O)c2ccccc2)c2ccccc2)CC1. The molecule has 2 aromatic rings. The molecule has 0 aromatic heterocycles. The summed E-state index contributed by atoms with van der Waals surface area (Å²) in [7, 11) is -1.86. The quantitative estimate of drug-likeness (QED) is 0.647. The lowest BCUT2D eigenvalue weighted by Gasteiger charge is -2.33. The van der Waals surface area contributed by atoms with E-state index in [1.54, 1.807) is 38.2 Å². The molecule has 0 radical (unpaired) electrons. The maximum absolute atomic E-state index is 13.0. The zero-order valence-electron chi connectivity index (χ0n) is 18.4. The van der Waals surface area contributed by atoms with Gasteiger partial charge in [0, 0.05) is 39.6 Å². The van der Waals surface area contributed by atoms with E-state index >= 15 is 0 Å². The molecule has 2 aromatic carbocycles. The van der Waals surface area contributed by atoms with E-state index in [1.807, 2.05) is 24.3 Å². The van der Waals surface area contributed by atoms with Gasteiger partial charge in [-0.2, -0.15) is 0 Å². The molecule has 6 nitrogen and oxygen atoms in total. The number of sulfonamides is 1. The van der Waals surface area contributed by atoms with Gasteiger partial charge in [0.15, 0.2) is 0 Å². The van der Waals surface area contributed by atoms with Crippen molar-refractivity contribution in [2.24, 2.45) is 0 Å². The van der Waals surface area contributed by atoms with Crippen molar-refractivity contribution in [1.82, 2.24) is 14.5 Å². The van der Waals surface area contributed by atoms with Crippen molar-refractivity contribution in [2.45, 2.75) is 43.0 Å². The van der Waals surface area contributed by atoms with Crippen LogP contribution in [0.1, 0.15) is 37.7 Å². The number of rotatable bonds is 9. The first-order valence-corrected chi connectivity index (χ1v) is 12.4. The second-order valence-electron chi connectivity index (χ2n) is 8.31. The number of hydrogen-bond donors (Lipinski definition) is 1. The first-order valence-electron chi connectivity index (χ1n) is 10.9. The van der Waals surface area contributed by atoms with E-state index in [0.717, 1.165) is 44.5 Å². The summed E-state index contributed by atoms with van der Waals surface area (Å²) >= 11 is 0. The highest BCUT2D eigenvalue weighted by atomic mass is 32.2. The van der Waals surface area contributed by atoms with Gasteiger partial charge in [0.1, 0.15) is 0 Å². The molecular weight excluding hydrogens is 410 g/mol. The van der Waals surface area contributed by atoms with Gasteiger partial charge in [-0.25, -0.2) is 12.7 Å². The minimum Gasteiger partial charge on any atom is -0.354 e. The van der Waals surface area contributed by atoms with E-state index in [1.165, 1.54) is 4.31 Å². The van der Waals surface area contributed by atoms with Gasteiger partial charge in [0.2, 0.25) is 15.9 Å². The van der Waals surface area contributed by atoms with E-state index in [2.05, 4.69) is 22.3 Å². The molecule has 1 N–H and O–H groups in total. The molecule has 0 saturated carbocycles. The molecule has 1 amide bonds. The van der Waals surface area contributed by atoms with Gasteiger partial charge in [-0.15, -0.1) is 0 Å². The Kier molecular flexibility index (Phi) is 8.23. The van der Waals surface area contributed by atoms with Gasteiger partial charge < -0.3 is 10.2 Å². The molecule has 1 atom stereocenters. The molecule has 7 heteroatoms. The number of carbonyl (C=O) groups excluding carboxylic acids is 1. The number of carbonyl (C=O) groups is 1. The smallest absolute Gasteiger partial charge is 0.242 e. The van der Waals surface area contributed by atoms with Gasteiger partial charge in [0.25, 0.3) is 0 Å². The maximum Gasteiger partial charge on any atom is 0.242 e. The Morgan fingerprint density at radius 1 is 1.06 bits per heavy atom. The molecular formula is C24H33N3O3S. The molecule has 1 saturated heterocycles. The summed E-state index contributed by atoms with van der Waals surface area (Å²) in [6, 6.07) is 19.0. The van der Waals surface area contributed by atoms with E-state index < -0.39 is 10.0 Å². The molecule has 1 unspecified atom stereocenters. The molecule has 0 spiro atoms. The fraction of sp³-hybridized carbons (Fsp3) is 0.458. The number of amides is 1. The Balaban J connectivity index is 1.64. The molecule has 0 bridgehead atoms. The topological polar surface area (TPSA) is 69.7 Å². The summed E-state index contributed by atoms with van der Waals surface area (Å²) in [6.07, 6.45) is 2.79. The van der Waals surface area contributed by atoms with Crippen LogP contribution in [0.3, 0.4) is 0 Å². The van der Waals surface area contributed by atoms with E-state index in [9.17, 15) is 13.2 Å². The lowest BCUT2D eigenvalue weighted by Crippen LogP contribution is -2.44. The van der Waals surface area contributed by atoms with Crippen molar-refractivity contribution >= 4 is 15.9 Å². The largest absolute Gasteiger partial charge is 0.354 e. The highest BCUT2D eigenvalue weighted by Crippen LogP contribution is 2.25. The highest BCUT2D eigenvalue weighted by Gasteiger charge is 2.26. The Labute approximate surface area is 186 Å². The van der Waals surface area contributed by atoms with Crippen LogP contribution in [0.2, 0.25) is 0 Å². The Morgan fingerprint density at radius 2 is 1.65 bits per heavy atom.